The number of aryl methyl sites for hydroxylation is 1. The summed E-state index contributed by atoms with van der Waals surface area (Å²) in [6.45, 7) is 9.60. The summed E-state index contributed by atoms with van der Waals surface area (Å²) in [7, 11) is 0.0114. The highest BCUT2D eigenvalue weighted by Gasteiger charge is 2.24. The van der Waals surface area contributed by atoms with Crippen molar-refractivity contribution in [3.8, 4) is 0 Å². The van der Waals surface area contributed by atoms with Gasteiger partial charge in [-0.2, -0.15) is 0 Å². The molecule has 0 spiro atoms. The Balaban J connectivity index is 1.98. The zero-order valence-electron chi connectivity index (χ0n) is 18.9. The molecule has 3 atom stereocenters. The van der Waals surface area contributed by atoms with Gasteiger partial charge in [0.2, 0.25) is 0 Å². The van der Waals surface area contributed by atoms with E-state index in [1.165, 1.54) is 17.7 Å². The van der Waals surface area contributed by atoms with Gasteiger partial charge in [0, 0.05) is 7.11 Å². The normalized spacial score (nSPS) is 14.7. The first-order valence-corrected chi connectivity index (χ1v) is 12.3. The number of anilines is 1. The largest absolute Gasteiger partial charge is 0.465 e. The Hall–Kier alpha value is -2.10. The third-order valence-electron chi connectivity index (χ3n) is 4.51. The van der Waals surface area contributed by atoms with Crippen LogP contribution in [0.15, 0.2) is 36.2 Å². The number of allylic oxidation sites excluding steroid dienone is 2. The number of ether oxygens (including phenoxy) is 2. The third-order valence-corrected chi connectivity index (χ3v) is 6.91. The van der Waals surface area contributed by atoms with Gasteiger partial charge in [0.05, 0.1) is 29.5 Å². The number of nitrogens with one attached hydrogen (secondary N) is 1. The van der Waals surface area contributed by atoms with Gasteiger partial charge in [-0.15, -0.1) is 11.3 Å². The molecule has 32 heavy (non-hydrogen) atoms. The minimum Gasteiger partial charge on any atom is -0.465 e. The molecule has 3 N–H and O–H groups in total. The average Bonchev–Trinajstić information content (AvgIpc) is 3.21. The molecule has 2 rings (SSSR count). The van der Waals surface area contributed by atoms with Crippen LogP contribution < -0.4 is 10.8 Å². The fourth-order valence-electron chi connectivity index (χ4n) is 2.70. The highest BCUT2D eigenvalue weighted by molar-refractivity contribution is 7.45. The molecule has 0 saturated carbocycles. The molecular formula is C21H31N4O5PS. The molecule has 0 radical (unpaired) electrons. The van der Waals surface area contributed by atoms with Crippen molar-refractivity contribution in [2.45, 2.75) is 45.8 Å². The van der Waals surface area contributed by atoms with Gasteiger partial charge in [-0.1, -0.05) is 6.58 Å². The van der Waals surface area contributed by atoms with Crippen LogP contribution in [0.3, 0.4) is 0 Å². The van der Waals surface area contributed by atoms with Crippen LogP contribution in [-0.4, -0.2) is 48.4 Å². The molecule has 3 unspecified atom stereocenters. The summed E-state index contributed by atoms with van der Waals surface area (Å²) in [6.07, 6.45) is 6.10. The predicted octanol–water partition coefficient (Wildman–Crippen LogP) is 4.11. The molecule has 176 valence electrons. The number of nitrogens with two attached hydrogens (primary N) is 1. The topological polar surface area (TPSA) is 118 Å². The highest BCUT2D eigenvalue weighted by Crippen LogP contribution is 2.38. The van der Waals surface area contributed by atoms with E-state index in [2.05, 4.69) is 21.6 Å². The monoisotopic (exact) mass is 482 g/mol. The molecule has 2 aromatic rings. The number of aromatic nitrogens is 2. The molecule has 0 saturated heterocycles. The fourth-order valence-corrected chi connectivity index (χ4v) is 4.94. The number of hydrogen-bond acceptors (Lipinski definition) is 10. The van der Waals surface area contributed by atoms with Gasteiger partial charge in [0.15, 0.2) is 0 Å². The summed E-state index contributed by atoms with van der Waals surface area (Å²) in [5.41, 5.74) is 7.89. The van der Waals surface area contributed by atoms with E-state index in [-0.39, 0.29) is 18.7 Å². The van der Waals surface area contributed by atoms with Crippen LogP contribution in [0.5, 0.6) is 0 Å². The minimum absolute atomic E-state index is 0.185. The molecular weight excluding hydrogens is 451 g/mol. The van der Waals surface area contributed by atoms with Gasteiger partial charge < -0.3 is 24.3 Å². The summed E-state index contributed by atoms with van der Waals surface area (Å²) < 4.78 is 23.4. The molecule has 11 heteroatoms. The van der Waals surface area contributed by atoms with Crippen LogP contribution in [0.2, 0.25) is 0 Å². The van der Waals surface area contributed by atoms with Crippen LogP contribution in [0.4, 0.5) is 5.82 Å². The maximum Gasteiger partial charge on any atom is 0.323 e. The van der Waals surface area contributed by atoms with Crippen LogP contribution >= 0.6 is 19.9 Å². The van der Waals surface area contributed by atoms with E-state index in [0.717, 1.165) is 22.2 Å². The zero-order chi connectivity index (χ0) is 23.5. The van der Waals surface area contributed by atoms with Gasteiger partial charge in [-0.05, 0) is 56.7 Å². The molecule has 0 bridgehead atoms. The molecule has 0 aliphatic carbocycles. The lowest BCUT2D eigenvalue weighted by atomic mass is 10.1. The molecule has 0 aromatic carbocycles. The van der Waals surface area contributed by atoms with E-state index in [9.17, 15) is 4.79 Å². The van der Waals surface area contributed by atoms with Crippen LogP contribution in [0.1, 0.15) is 32.8 Å². The standard InChI is InChI=1S/C21H31N4O5PS/c1-6-16(7-2)30-31(25-14(4)21(26)28-8-3)29-11-17(27-5)10-9-15-12-32-19-18(15)23-13-24-20(19)22/h6-7,12-14,17,25H,1,8-11H2,2-5H3,(H2,22,23,24)/b16-7+. The Bertz CT molecular complexity index is 923. The minimum atomic E-state index is -1.63. The van der Waals surface area contributed by atoms with Crippen molar-refractivity contribution in [1.82, 2.24) is 15.1 Å². The van der Waals surface area contributed by atoms with E-state index < -0.39 is 14.6 Å². The van der Waals surface area contributed by atoms with E-state index >= 15 is 0 Å². The number of nitrogen functional groups attached to an aromatic ring is 1. The molecule has 0 aliphatic heterocycles. The third kappa shape index (κ3) is 7.50. The van der Waals surface area contributed by atoms with Crippen molar-refractivity contribution in [3.63, 3.8) is 0 Å². The number of carbonyl (C=O) groups is 1. The zero-order valence-corrected chi connectivity index (χ0v) is 20.6. The number of nitrogens with zero attached hydrogens (tertiary/aromatic N) is 2. The molecule has 0 amide bonds. The second-order valence-electron chi connectivity index (χ2n) is 6.74. The second-order valence-corrected chi connectivity index (χ2v) is 8.83. The first-order chi connectivity index (χ1) is 15.4. The number of esters is 1. The first-order valence-electron chi connectivity index (χ1n) is 10.2. The molecule has 9 nitrogen and oxygen atoms in total. The van der Waals surface area contributed by atoms with Gasteiger partial charge in [-0.3, -0.25) is 4.79 Å². The van der Waals surface area contributed by atoms with Gasteiger partial charge in [0.25, 0.3) is 0 Å². The Kier molecular flexibility index (Phi) is 11.0. The highest BCUT2D eigenvalue weighted by atomic mass is 32.1. The van der Waals surface area contributed by atoms with Crippen molar-refractivity contribution >= 4 is 41.9 Å². The summed E-state index contributed by atoms with van der Waals surface area (Å²) in [6, 6.07) is -0.590. The van der Waals surface area contributed by atoms with Crippen molar-refractivity contribution in [2.75, 3.05) is 26.1 Å². The Morgan fingerprint density at radius 2 is 2.22 bits per heavy atom. The number of methoxy groups -OCH3 is 1. The number of thiophene rings is 1. The summed E-state index contributed by atoms with van der Waals surface area (Å²) in [5, 5.41) is 5.10. The van der Waals surface area contributed by atoms with Crippen LogP contribution in [-0.2, 0) is 29.7 Å². The predicted molar refractivity (Wildman–Crippen MR) is 128 cm³/mol. The van der Waals surface area contributed by atoms with E-state index in [1.807, 2.05) is 12.3 Å². The maximum absolute atomic E-state index is 12.0. The van der Waals surface area contributed by atoms with Gasteiger partial charge in [-0.25, -0.2) is 15.1 Å². The molecule has 0 aliphatic rings. The van der Waals surface area contributed by atoms with Crippen molar-refractivity contribution in [1.29, 1.82) is 0 Å². The Morgan fingerprint density at radius 1 is 1.44 bits per heavy atom. The van der Waals surface area contributed by atoms with Crippen LogP contribution in [0.25, 0.3) is 10.2 Å². The quantitative estimate of drug-likeness (QED) is 0.177. The SMILES string of the molecule is C=C/C(=C\C)OP(NC(C)C(=O)OCC)OCC(CCc1csc2c(N)ncnc12)OC. The summed E-state index contributed by atoms with van der Waals surface area (Å²) >= 11 is 1.54. The van der Waals surface area contributed by atoms with E-state index in [0.29, 0.717) is 24.6 Å². The first kappa shape index (κ1) is 26.2. The van der Waals surface area contributed by atoms with Crippen molar-refractivity contribution in [2.24, 2.45) is 0 Å². The fraction of sp³-hybridized carbons (Fsp3) is 0.476. The van der Waals surface area contributed by atoms with Crippen molar-refractivity contribution in [3.05, 3.63) is 41.8 Å². The summed E-state index contributed by atoms with van der Waals surface area (Å²) in [4.78, 5) is 20.4. The smallest absolute Gasteiger partial charge is 0.323 e. The molecule has 0 fully saturated rings. The lowest BCUT2D eigenvalue weighted by molar-refractivity contribution is -0.144. The molecule has 2 aromatic heterocycles. The van der Waals surface area contributed by atoms with Crippen molar-refractivity contribution < 1.29 is 23.3 Å². The van der Waals surface area contributed by atoms with Gasteiger partial charge >= 0.3 is 14.5 Å². The number of carbonyl (C=O) groups excluding carboxylic acids is 1. The summed E-state index contributed by atoms with van der Waals surface area (Å²) in [5.74, 6) is 0.668. The number of hydrogen-bond donors (Lipinski definition) is 2. The number of rotatable bonds is 14. The lowest BCUT2D eigenvalue weighted by Crippen LogP contribution is -2.33. The number of fused-ring (bicyclic) bond motifs is 1. The average molecular weight is 483 g/mol. The van der Waals surface area contributed by atoms with Crippen LogP contribution in [0, 0.1) is 0 Å². The maximum atomic E-state index is 12.0. The van der Waals surface area contributed by atoms with E-state index in [4.69, 9.17) is 24.3 Å². The molecule has 2 heterocycles. The van der Waals surface area contributed by atoms with Gasteiger partial charge in [0.1, 0.15) is 23.9 Å². The second kappa shape index (κ2) is 13.4. The Morgan fingerprint density at radius 3 is 2.88 bits per heavy atom. The van der Waals surface area contributed by atoms with E-state index in [1.54, 1.807) is 33.1 Å². The lowest BCUT2D eigenvalue weighted by Gasteiger charge is -2.24. The Labute approximate surface area is 194 Å².